The second-order valence-electron chi connectivity index (χ2n) is 9.55. The summed E-state index contributed by atoms with van der Waals surface area (Å²) in [6.45, 7) is 9.92. The number of hydrogen-bond acceptors (Lipinski definition) is 5. The minimum Gasteiger partial charge on any atom is -0.356 e. The molecule has 1 aromatic heterocycles. The lowest BCUT2D eigenvalue weighted by Crippen LogP contribution is -2.38. The van der Waals surface area contributed by atoms with Gasteiger partial charge in [0.15, 0.2) is 5.16 Å². The summed E-state index contributed by atoms with van der Waals surface area (Å²) in [6, 6.07) is 2.21. The Morgan fingerprint density at radius 1 is 1.26 bits per heavy atom. The fourth-order valence-electron chi connectivity index (χ4n) is 5.52. The van der Waals surface area contributed by atoms with Crippen molar-refractivity contribution < 1.29 is 4.79 Å². The monoisotopic (exact) mass is 408 g/mol. The molecule has 4 rings (SSSR count). The number of halogens is 1. The van der Waals surface area contributed by atoms with Crippen molar-refractivity contribution in [3.05, 3.63) is 11.2 Å². The molecule has 1 aromatic rings. The molecule has 27 heavy (non-hydrogen) atoms. The lowest BCUT2D eigenvalue weighted by molar-refractivity contribution is -0.129. The number of thioether (sulfide) groups is 1. The van der Waals surface area contributed by atoms with Crippen molar-refractivity contribution in [2.24, 2.45) is 10.8 Å². The molecule has 3 aliphatic rings. The van der Waals surface area contributed by atoms with E-state index >= 15 is 0 Å². The molecule has 7 heteroatoms. The molecule has 1 saturated carbocycles. The van der Waals surface area contributed by atoms with Gasteiger partial charge in [0.05, 0.1) is 5.75 Å². The van der Waals surface area contributed by atoms with Gasteiger partial charge in [0, 0.05) is 31.7 Å². The number of amides is 1. The molecule has 2 bridgehead atoms. The van der Waals surface area contributed by atoms with Gasteiger partial charge in [-0.3, -0.25) is 4.79 Å². The Bertz CT molecular complexity index is 737. The molecule has 5 nitrogen and oxygen atoms in total. The average molecular weight is 409 g/mol. The summed E-state index contributed by atoms with van der Waals surface area (Å²) in [6.07, 6.45) is 5.82. The van der Waals surface area contributed by atoms with Crippen LogP contribution in [0.15, 0.2) is 11.2 Å². The van der Waals surface area contributed by atoms with E-state index in [-0.39, 0.29) is 11.3 Å². The Morgan fingerprint density at radius 2 is 2.00 bits per heavy atom. The lowest BCUT2D eigenvalue weighted by Gasteiger charge is -2.39. The van der Waals surface area contributed by atoms with E-state index in [1.54, 1.807) is 0 Å². The van der Waals surface area contributed by atoms with Gasteiger partial charge in [-0.25, -0.2) is 9.97 Å². The van der Waals surface area contributed by atoms with Crippen molar-refractivity contribution >= 4 is 35.1 Å². The van der Waals surface area contributed by atoms with Crippen LogP contribution in [0.2, 0.25) is 5.15 Å². The Morgan fingerprint density at radius 3 is 2.74 bits per heavy atom. The van der Waals surface area contributed by atoms with E-state index in [0.29, 0.717) is 27.5 Å². The van der Waals surface area contributed by atoms with Crippen LogP contribution in [0.5, 0.6) is 0 Å². The van der Waals surface area contributed by atoms with Gasteiger partial charge in [-0.2, -0.15) is 0 Å². The fourth-order valence-corrected chi connectivity index (χ4v) is 6.49. The predicted molar refractivity (Wildman–Crippen MR) is 110 cm³/mol. The maximum absolute atomic E-state index is 12.9. The fraction of sp³-hybridized carbons (Fsp3) is 0.750. The molecule has 2 saturated heterocycles. The van der Waals surface area contributed by atoms with E-state index in [0.717, 1.165) is 38.3 Å². The number of carbonyl (C=O) groups is 1. The third-order valence-electron chi connectivity index (χ3n) is 6.15. The molecule has 0 aromatic carbocycles. The van der Waals surface area contributed by atoms with Crippen LogP contribution in [0.25, 0.3) is 0 Å². The number of fused-ring (bicyclic) bond motifs is 2. The summed E-state index contributed by atoms with van der Waals surface area (Å²) in [5.41, 5.74) is 0.586. The standard InChI is InChI=1S/C20H29ClN4OS/c1-19(2)9-14-10-20(3,12-19)13-25(14)17(26)11-27-18-22-15(21)8-16(23-18)24-6-4-5-7-24/h8,14H,4-7,9-13H2,1-3H3/t14-,20-/m1/s1. The molecule has 3 heterocycles. The number of likely N-dealkylation sites (tertiary alicyclic amines) is 1. The second kappa shape index (κ2) is 7.11. The molecule has 0 spiro atoms. The van der Waals surface area contributed by atoms with Crippen molar-refractivity contribution in [1.29, 1.82) is 0 Å². The van der Waals surface area contributed by atoms with Crippen LogP contribution in [0.3, 0.4) is 0 Å². The molecule has 3 fully saturated rings. The molecule has 1 amide bonds. The number of hydrogen-bond donors (Lipinski definition) is 0. The summed E-state index contributed by atoms with van der Waals surface area (Å²) < 4.78 is 0. The first-order chi connectivity index (χ1) is 12.7. The SMILES string of the molecule is CC1(C)C[C@@H]2C[C@@](C)(CN2C(=O)CSc2nc(Cl)cc(N3CCCC3)n2)C1. The van der Waals surface area contributed by atoms with Crippen LogP contribution >= 0.6 is 23.4 Å². The molecule has 2 atom stereocenters. The normalized spacial score (nSPS) is 29.4. The third kappa shape index (κ3) is 4.21. The van der Waals surface area contributed by atoms with Gasteiger partial charge in [0.25, 0.3) is 0 Å². The van der Waals surface area contributed by atoms with Gasteiger partial charge < -0.3 is 9.80 Å². The van der Waals surface area contributed by atoms with Gasteiger partial charge in [0.2, 0.25) is 5.91 Å². The highest BCUT2D eigenvalue weighted by Gasteiger charge is 2.50. The van der Waals surface area contributed by atoms with Crippen LogP contribution in [0, 0.1) is 10.8 Å². The molecule has 1 aliphatic carbocycles. The van der Waals surface area contributed by atoms with Crippen molar-refractivity contribution in [3.63, 3.8) is 0 Å². The Labute approximate surface area is 171 Å². The highest BCUT2D eigenvalue weighted by molar-refractivity contribution is 7.99. The predicted octanol–water partition coefficient (Wildman–Crippen LogP) is 4.25. The first-order valence-electron chi connectivity index (χ1n) is 9.95. The molecule has 0 N–H and O–H groups in total. The zero-order chi connectivity index (χ0) is 19.2. The van der Waals surface area contributed by atoms with Crippen LogP contribution in [0.4, 0.5) is 5.82 Å². The molecular weight excluding hydrogens is 380 g/mol. The summed E-state index contributed by atoms with van der Waals surface area (Å²) in [5.74, 6) is 1.47. The number of carbonyl (C=O) groups excluding carboxylic acids is 1. The second-order valence-corrected chi connectivity index (χ2v) is 10.9. The number of rotatable bonds is 4. The summed E-state index contributed by atoms with van der Waals surface area (Å²) in [7, 11) is 0. The van der Waals surface area contributed by atoms with E-state index in [1.165, 1.54) is 31.0 Å². The summed E-state index contributed by atoms with van der Waals surface area (Å²) >= 11 is 7.62. The van der Waals surface area contributed by atoms with Crippen molar-refractivity contribution in [2.45, 2.75) is 64.1 Å². The first-order valence-corrected chi connectivity index (χ1v) is 11.3. The van der Waals surface area contributed by atoms with Crippen LogP contribution in [0.1, 0.15) is 52.9 Å². The summed E-state index contributed by atoms with van der Waals surface area (Å²) in [5, 5.41) is 1.06. The largest absolute Gasteiger partial charge is 0.356 e. The number of anilines is 1. The lowest BCUT2D eigenvalue weighted by atomic mass is 9.65. The number of aromatic nitrogens is 2. The van der Waals surface area contributed by atoms with Gasteiger partial charge in [-0.1, -0.05) is 44.1 Å². The average Bonchev–Trinajstić information content (AvgIpc) is 3.17. The van der Waals surface area contributed by atoms with E-state index in [2.05, 4.69) is 40.5 Å². The zero-order valence-corrected chi connectivity index (χ0v) is 18.1. The highest BCUT2D eigenvalue weighted by atomic mass is 35.5. The van der Waals surface area contributed by atoms with Crippen molar-refractivity contribution in [2.75, 3.05) is 30.3 Å². The quantitative estimate of drug-likeness (QED) is 0.423. The minimum absolute atomic E-state index is 0.206. The van der Waals surface area contributed by atoms with Crippen LogP contribution < -0.4 is 4.90 Å². The molecule has 0 unspecified atom stereocenters. The minimum atomic E-state index is 0.206. The molecular formula is C20H29ClN4OS. The maximum Gasteiger partial charge on any atom is 0.233 e. The van der Waals surface area contributed by atoms with E-state index in [4.69, 9.17) is 11.6 Å². The van der Waals surface area contributed by atoms with Crippen molar-refractivity contribution in [3.8, 4) is 0 Å². The third-order valence-corrected chi connectivity index (χ3v) is 7.18. The first kappa shape index (κ1) is 19.3. The smallest absolute Gasteiger partial charge is 0.233 e. The van der Waals surface area contributed by atoms with Gasteiger partial charge in [-0.15, -0.1) is 0 Å². The molecule has 2 aliphatic heterocycles. The van der Waals surface area contributed by atoms with Gasteiger partial charge >= 0.3 is 0 Å². The van der Waals surface area contributed by atoms with Gasteiger partial charge in [0.1, 0.15) is 11.0 Å². The molecule has 0 radical (unpaired) electrons. The van der Waals surface area contributed by atoms with Crippen molar-refractivity contribution in [1.82, 2.24) is 14.9 Å². The Kier molecular flexibility index (Phi) is 5.08. The van der Waals surface area contributed by atoms with Crippen LogP contribution in [-0.4, -0.2) is 52.2 Å². The topological polar surface area (TPSA) is 49.3 Å². The van der Waals surface area contributed by atoms with Gasteiger partial charge in [-0.05, 0) is 42.9 Å². The molecule has 148 valence electrons. The Balaban J connectivity index is 1.41. The Hall–Kier alpha value is -1.01. The van der Waals surface area contributed by atoms with E-state index in [9.17, 15) is 4.79 Å². The summed E-state index contributed by atoms with van der Waals surface area (Å²) in [4.78, 5) is 26.3. The van der Waals surface area contributed by atoms with E-state index < -0.39 is 0 Å². The highest BCUT2D eigenvalue weighted by Crippen LogP contribution is 2.52. The number of nitrogens with zero attached hydrogens (tertiary/aromatic N) is 4. The maximum atomic E-state index is 12.9. The van der Waals surface area contributed by atoms with E-state index in [1.807, 2.05) is 6.07 Å². The van der Waals surface area contributed by atoms with Crippen LogP contribution in [-0.2, 0) is 4.79 Å². The zero-order valence-electron chi connectivity index (χ0n) is 16.5.